The summed E-state index contributed by atoms with van der Waals surface area (Å²) < 4.78 is 0. The van der Waals surface area contributed by atoms with Crippen LogP contribution in [0.4, 0.5) is 0 Å². The minimum atomic E-state index is -0.114. The van der Waals surface area contributed by atoms with E-state index in [1.54, 1.807) is 6.20 Å². The highest BCUT2D eigenvalue weighted by Gasteiger charge is 2.25. The molecule has 1 amide bonds. The summed E-state index contributed by atoms with van der Waals surface area (Å²) in [6.07, 6.45) is 12.1. The lowest BCUT2D eigenvalue weighted by Crippen LogP contribution is -2.40. The van der Waals surface area contributed by atoms with Gasteiger partial charge in [-0.05, 0) is 43.6 Å². The number of hydrogen-bond acceptors (Lipinski definition) is 3. The fraction of sp³-hybridized carbons (Fsp3) is 0.565. The van der Waals surface area contributed by atoms with Crippen molar-refractivity contribution in [3.63, 3.8) is 0 Å². The second kappa shape index (κ2) is 10.2. The zero-order valence-electron chi connectivity index (χ0n) is 16.2. The first-order valence-electron chi connectivity index (χ1n) is 10.5. The number of carbonyl (C=O) groups is 1. The van der Waals surface area contributed by atoms with E-state index in [0.717, 1.165) is 45.2 Å². The van der Waals surface area contributed by atoms with Gasteiger partial charge in [0.2, 0.25) is 0 Å². The third-order valence-electron chi connectivity index (χ3n) is 5.94. The van der Waals surface area contributed by atoms with Crippen LogP contribution < -0.4 is 5.32 Å². The molecule has 1 saturated carbocycles. The van der Waals surface area contributed by atoms with E-state index in [2.05, 4.69) is 35.7 Å². The van der Waals surface area contributed by atoms with Gasteiger partial charge in [-0.1, -0.05) is 56.0 Å². The minimum Gasteiger partial charge on any atom is -0.387 e. The molecule has 1 saturated heterocycles. The Balaban J connectivity index is 1.49. The SMILES string of the molecule is N#C/C(=C/NC1CCCCCC1)C(=O)N1CCC(Cc2ccccc2)CC1. The summed E-state index contributed by atoms with van der Waals surface area (Å²) in [5, 5.41) is 12.8. The third-order valence-corrected chi connectivity index (χ3v) is 5.94. The zero-order valence-corrected chi connectivity index (χ0v) is 16.2. The molecule has 2 aliphatic rings. The van der Waals surface area contributed by atoms with Crippen LogP contribution in [0.2, 0.25) is 0 Å². The molecule has 4 nitrogen and oxygen atoms in total. The molecule has 1 aromatic carbocycles. The maximum absolute atomic E-state index is 12.7. The molecule has 1 N–H and O–H groups in total. The Morgan fingerprint density at radius 3 is 2.37 bits per heavy atom. The number of rotatable bonds is 5. The minimum absolute atomic E-state index is 0.114. The Kier molecular flexibility index (Phi) is 7.33. The van der Waals surface area contributed by atoms with E-state index >= 15 is 0 Å². The van der Waals surface area contributed by atoms with Gasteiger partial charge in [0, 0.05) is 25.3 Å². The van der Waals surface area contributed by atoms with Crippen LogP contribution >= 0.6 is 0 Å². The first kappa shape index (κ1) is 19.5. The Morgan fingerprint density at radius 1 is 1.07 bits per heavy atom. The molecule has 3 rings (SSSR count). The Morgan fingerprint density at radius 2 is 1.74 bits per heavy atom. The van der Waals surface area contributed by atoms with Crippen LogP contribution in [-0.2, 0) is 11.2 Å². The van der Waals surface area contributed by atoms with Crippen LogP contribution in [0.5, 0.6) is 0 Å². The molecule has 1 aliphatic heterocycles. The maximum Gasteiger partial charge on any atom is 0.265 e. The van der Waals surface area contributed by atoms with Crippen molar-refractivity contribution in [3.05, 3.63) is 47.7 Å². The van der Waals surface area contributed by atoms with E-state index in [4.69, 9.17) is 0 Å². The van der Waals surface area contributed by atoms with Gasteiger partial charge >= 0.3 is 0 Å². The fourth-order valence-corrected chi connectivity index (χ4v) is 4.25. The van der Waals surface area contributed by atoms with Crippen LogP contribution in [0.25, 0.3) is 0 Å². The number of benzene rings is 1. The molecule has 0 unspecified atom stereocenters. The number of hydrogen-bond donors (Lipinski definition) is 1. The standard InChI is InChI=1S/C23H31N3O/c24-17-21(18-25-22-10-6-1-2-7-11-22)23(27)26-14-12-20(13-15-26)16-19-8-4-3-5-9-19/h3-5,8-9,18,20,22,25H,1-2,6-7,10-16H2/b21-18-. The molecule has 0 aromatic heterocycles. The van der Waals surface area contributed by atoms with E-state index in [-0.39, 0.29) is 11.5 Å². The van der Waals surface area contributed by atoms with Gasteiger partial charge in [0.25, 0.3) is 5.91 Å². The molecule has 0 atom stereocenters. The van der Waals surface area contributed by atoms with E-state index in [9.17, 15) is 10.1 Å². The molecule has 4 heteroatoms. The van der Waals surface area contributed by atoms with Crippen LogP contribution in [0.1, 0.15) is 56.9 Å². The van der Waals surface area contributed by atoms with Gasteiger partial charge in [-0.2, -0.15) is 5.26 Å². The highest BCUT2D eigenvalue weighted by atomic mass is 16.2. The molecule has 1 heterocycles. The van der Waals surface area contributed by atoms with Crippen molar-refractivity contribution in [2.24, 2.45) is 5.92 Å². The van der Waals surface area contributed by atoms with Crippen molar-refractivity contribution in [1.82, 2.24) is 10.2 Å². The maximum atomic E-state index is 12.7. The van der Waals surface area contributed by atoms with Crippen molar-refractivity contribution >= 4 is 5.91 Å². The molecule has 2 fully saturated rings. The fourth-order valence-electron chi connectivity index (χ4n) is 4.25. The third kappa shape index (κ3) is 5.85. The van der Waals surface area contributed by atoms with Crippen LogP contribution in [0.15, 0.2) is 42.1 Å². The van der Waals surface area contributed by atoms with E-state index in [1.807, 2.05) is 11.0 Å². The van der Waals surface area contributed by atoms with E-state index < -0.39 is 0 Å². The Bertz CT molecular complexity index is 661. The van der Waals surface area contributed by atoms with Gasteiger partial charge in [-0.15, -0.1) is 0 Å². The average molecular weight is 366 g/mol. The second-order valence-corrected chi connectivity index (χ2v) is 7.95. The molecule has 0 spiro atoms. The molecule has 1 aliphatic carbocycles. The van der Waals surface area contributed by atoms with Gasteiger partial charge in [0.1, 0.15) is 11.6 Å². The molecule has 27 heavy (non-hydrogen) atoms. The molecule has 0 bridgehead atoms. The van der Waals surface area contributed by atoms with Gasteiger partial charge in [0.15, 0.2) is 0 Å². The topological polar surface area (TPSA) is 56.1 Å². The monoisotopic (exact) mass is 365 g/mol. The summed E-state index contributed by atoms with van der Waals surface area (Å²) in [6.45, 7) is 1.50. The Hall–Kier alpha value is -2.28. The van der Waals surface area contributed by atoms with Gasteiger partial charge in [-0.3, -0.25) is 4.79 Å². The van der Waals surface area contributed by atoms with Crippen LogP contribution in [0.3, 0.4) is 0 Å². The van der Waals surface area contributed by atoms with Crippen molar-refractivity contribution in [2.75, 3.05) is 13.1 Å². The first-order chi connectivity index (χ1) is 13.3. The van der Waals surface area contributed by atoms with Crippen LogP contribution in [-0.4, -0.2) is 29.9 Å². The highest BCUT2D eigenvalue weighted by Crippen LogP contribution is 2.23. The largest absolute Gasteiger partial charge is 0.387 e. The molecule has 1 aromatic rings. The van der Waals surface area contributed by atoms with Gasteiger partial charge < -0.3 is 10.2 Å². The smallest absolute Gasteiger partial charge is 0.265 e. The molecular formula is C23H31N3O. The summed E-state index contributed by atoms with van der Waals surface area (Å²) in [5.41, 5.74) is 1.62. The number of nitrogens with zero attached hydrogens (tertiary/aromatic N) is 2. The summed E-state index contributed by atoms with van der Waals surface area (Å²) in [5.74, 6) is 0.506. The first-order valence-corrected chi connectivity index (χ1v) is 10.5. The van der Waals surface area contributed by atoms with Gasteiger partial charge in [0.05, 0.1) is 0 Å². The summed E-state index contributed by atoms with van der Waals surface area (Å²) in [6, 6.07) is 13.1. The lowest BCUT2D eigenvalue weighted by atomic mass is 9.90. The highest BCUT2D eigenvalue weighted by molar-refractivity contribution is 5.97. The summed E-state index contributed by atoms with van der Waals surface area (Å²) in [4.78, 5) is 14.6. The number of nitrogens with one attached hydrogen (secondary N) is 1. The number of carbonyl (C=O) groups excluding carboxylic acids is 1. The number of amides is 1. The number of likely N-dealkylation sites (tertiary alicyclic amines) is 1. The van der Waals surface area contributed by atoms with E-state index in [1.165, 1.54) is 31.2 Å². The Labute approximate surface area is 163 Å². The predicted molar refractivity (Wildman–Crippen MR) is 108 cm³/mol. The quantitative estimate of drug-likeness (QED) is 0.484. The second-order valence-electron chi connectivity index (χ2n) is 7.95. The lowest BCUT2D eigenvalue weighted by Gasteiger charge is -2.32. The summed E-state index contributed by atoms with van der Waals surface area (Å²) in [7, 11) is 0. The molecular weight excluding hydrogens is 334 g/mol. The van der Waals surface area contributed by atoms with Crippen LogP contribution in [0, 0.1) is 17.2 Å². The van der Waals surface area contributed by atoms with Crippen molar-refractivity contribution in [3.8, 4) is 6.07 Å². The number of piperidine rings is 1. The van der Waals surface area contributed by atoms with Crippen molar-refractivity contribution in [1.29, 1.82) is 5.26 Å². The number of nitriles is 1. The average Bonchev–Trinajstić information content (AvgIpc) is 2.98. The molecule has 144 valence electrons. The van der Waals surface area contributed by atoms with E-state index in [0.29, 0.717) is 12.0 Å². The summed E-state index contributed by atoms with van der Waals surface area (Å²) >= 11 is 0. The normalized spacial score (nSPS) is 20.0. The van der Waals surface area contributed by atoms with Gasteiger partial charge in [-0.25, -0.2) is 0 Å². The van der Waals surface area contributed by atoms with Crippen molar-refractivity contribution in [2.45, 2.75) is 63.8 Å². The lowest BCUT2D eigenvalue weighted by molar-refractivity contribution is -0.128. The zero-order chi connectivity index (χ0) is 18.9. The molecule has 0 radical (unpaired) electrons. The predicted octanol–water partition coefficient (Wildman–Crippen LogP) is 4.19. The van der Waals surface area contributed by atoms with Crippen molar-refractivity contribution < 1.29 is 4.79 Å².